The first-order valence-corrected chi connectivity index (χ1v) is 12.0. The average molecular weight is 643 g/mol. The van der Waals surface area contributed by atoms with Crippen LogP contribution < -0.4 is 10.6 Å². The molecule has 0 bridgehead atoms. The maximum Gasteiger partial charge on any atom is 0.435 e. The Morgan fingerprint density at radius 1 is 0.850 bits per heavy atom. The molecule has 40 heavy (non-hydrogen) atoms. The van der Waals surface area contributed by atoms with Gasteiger partial charge in [-0.3, -0.25) is 9.59 Å². The topological polar surface area (TPSA) is 76.0 Å². The highest BCUT2D eigenvalue weighted by Crippen LogP contribution is 2.38. The molecule has 1 saturated carbocycles. The van der Waals surface area contributed by atoms with Crippen LogP contribution in [0.1, 0.15) is 56.1 Å². The Kier molecular flexibility index (Phi) is 7.45. The third-order valence-electron chi connectivity index (χ3n) is 5.75. The van der Waals surface area contributed by atoms with E-state index in [1.807, 2.05) is 0 Å². The van der Waals surface area contributed by atoms with Crippen molar-refractivity contribution >= 4 is 33.4 Å². The molecule has 0 aliphatic heterocycles. The number of benzene rings is 2. The van der Waals surface area contributed by atoms with Crippen LogP contribution in [-0.4, -0.2) is 27.6 Å². The van der Waals surface area contributed by atoms with E-state index in [1.54, 1.807) is 0 Å². The average Bonchev–Trinajstić information content (AvgIpc) is 3.50. The zero-order valence-electron chi connectivity index (χ0n) is 19.9. The number of anilines is 1. The largest absolute Gasteiger partial charge is 0.435 e. The Hall–Kier alpha value is -3.56. The number of nitrogens with zero attached hydrogens (tertiary/aromatic N) is 2. The summed E-state index contributed by atoms with van der Waals surface area (Å²) >= 11 is 3.21. The van der Waals surface area contributed by atoms with Crippen molar-refractivity contribution in [2.24, 2.45) is 0 Å². The molecule has 0 spiro atoms. The number of aryl methyl sites for hydroxylation is 1. The summed E-state index contributed by atoms with van der Waals surface area (Å²) in [5.74, 6) is -1.99. The molecule has 0 atom stereocenters. The van der Waals surface area contributed by atoms with Crippen LogP contribution in [0, 0.1) is 6.92 Å². The number of hydrogen-bond acceptors (Lipinski definition) is 3. The first-order chi connectivity index (χ1) is 18.3. The second-order valence-electron chi connectivity index (χ2n) is 8.94. The predicted octanol–water partition coefficient (Wildman–Crippen LogP) is 7.14. The lowest BCUT2D eigenvalue weighted by molar-refractivity contribution is -0.143. The molecule has 16 heteroatoms. The summed E-state index contributed by atoms with van der Waals surface area (Å²) in [4.78, 5) is 26.0. The Bertz CT molecular complexity index is 1460. The number of alkyl halides is 9. The molecule has 0 radical (unpaired) electrons. The van der Waals surface area contributed by atoms with E-state index < -0.39 is 58.5 Å². The molecule has 3 aromatic rings. The van der Waals surface area contributed by atoms with E-state index in [0.717, 1.165) is 12.8 Å². The van der Waals surface area contributed by atoms with Crippen LogP contribution in [0.4, 0.5) is 45.2 Å². The zero-order chi connectivity index (χ0) is 29.8. The first kappa shape index (κ1) is 29.4. The third kappa shape index (κ3) is 6.42. The van der Waals surface area contributed by atoms with Gasteiger partial charge in [0.25, 0.3) is 11.8 Å². The lowest BCUT2D eigenvalue weighted by atomic mass is 10.1. The number of carbonyl (C=O) groups is 2. The van der Waals surface area contributed by atoms with Crippen LogP contribution in [0.25, 0.3) is 5.69 Å². The van der Waals surface area contributed by atoms with Gasteiger partial charge in [-0.15, -0.1) is 0 Å². The van der Waals surface area contributed by atoms with Crippen LogP contribution in [-0.2, 0) is 18.5 Å². The van der Waals surface area contributed by atoms with Crippen LogP contribution in [0.2, 0.25) is 0 Å². The molecule has 1 heterocycles. The second kappa shape index (κ2) is 10.1. The molecular weight excluding hydrogens is 627 g/mol. The highest BCUT2D eigenvalue weighted by atomic mass is 79.9. The molecule has 2 aromatic carbocycles. The van der Waals surface area contributed by atoms with Gasteiger partial charge >= 0.3 is 18.5 Å². The summed E-state index contributed by atoms with van der Waals surface area (Å²) < 4.78 is 121. The van der Waals surface area contributed by atoms with Gasteiger partial charge in [-0.1, -0.05) is 15.9 Å². The Balaban J connectivity index is 1.85. The maximum absolute atomic E-state index is 13.5. The lowest BCUT2D eigenvalue weighted by Crippen LogP contribution is -2.27. The number of rotatable bonds is 5. The molecular formula is C24H16BrF9N4O2. The van der Waals surface area contributed by atoms with Gasteiger partial charge in [-0.05, 0) is 55.7 Å². The summed E-state index contributed by atoms with van der Waals surface area (Å²) in [6.07, 6.45) is -14.4. The van der Waals surface area contributed by atoms with Crippen LogP contribution in [0.5, 0.6) is 0 Å². The van der Waals surface area contributed by atoms with E-state index in [1.165, 1.54) is 19.1 Å². The van der Waals surface area contributed by atoms with Gasteiger partial charge < -0.3 is 10.6 Å². The number of nitrogens with one attached hydrogen (secondary N) is 2. The molecule has 2 N–H and O–H groups in total. The number of hydrogen-bond donors (Lipinski definition) is 2. The number of aromatic nitrogens is 2. The van der Waals surface area contributed by atoms with Crippen molar-refractivity contribution in [1.82, 2.24) is 15.1 Å². The van der Waals surface area contributed by atoms with Gasteiger partial charge in [0.05, 0.1) is 28.1 Å². The minimum absolute atomic E-state index is 0.0424. The monoisotopic (exact) mass is 642 g/mol. The third-order valence-corrected chi connectivity index (χ3v) is 6.20. The van der Waals surface area contributed by atoms with Crippen molar-refractivity contribution in [2.45, 2.75) is 44.3 Å². The summed E-state index contributed by atoms with van der Waals surface area (Å²) in [7, 11) is 0. The van der Waals surface area contributed by atoms with Crippen molar-refractivity contribution in [1.29, 1.82) is 0 Å². The van der Waals surface area contributed by atoms with Crippen LogP contribution in [0.3, 0.4) is 0 Å². The minimum atomic E-state index is -5.31. The van der Waals surface area contributed by atoms with E-state index in [0.29, 0.717) is 4.47 Å². The maximum atomic E-state index is 13.5. The van der Waals surface area contributed by atoms with Crippen LogP contribution in [0.15, 0.2) is 40.9 Å². The molecule has 0 unspecified atom stereocenters. The standard InChI is InChI=1S/C24H16BrF9N4O2/c1-10-4-13(25)8-16(20(39)35-14-2-3-14)19(10)36-21(40)17-9-18(24(32,33)34)37-38(17)15-6-11(22(26,27)28)5-12(7-15)23(29,30)31/h4-9,14H,2-3H2,1H3,(H,35,39)(H,36,40). The summed E-state index contributed by atoms with van der Waals surface area (Å²) in [5, 5.41) is 8.07. The fourth-order valence-electron chi connectivity index (χ4n) is 3.70. The van der Waals surface area contributed by atoms with Gasteiger partial charge in [0.1, 0.15) is 5.69 Å². The fourth-order valence-corrected chi connectivity index (χ4v) is 4.27. The number of carbonyl (C=O) groups excluding carboxylic acids is 2. The number of halogens is 10. The normalized spacial score (nSPS) is 14.3. The van der Waals surface area contributed by atoms with Crippen molar-refractivity contribution in [2.75, 3.05) is 5.32 Å². The molecule has 1 aliphatic carbocycles. The highest BCUT2D eigenvalue weighted by Gasteiger charge is 2.39. The number of amides is 2. The van der Waals surface area contributed by atoms with E-state index in [-0.39, 0.29) is 51.8 Å². The molecule has 4 rings (SSSR count). The summed E-state index contributed by atoms with van der Waals surface area (Å²) in [5.41, 5.74) is -7.45. The first-order valence-electron chi connectivity index (χ1n) is 11.2. The summed E-state index contributed by atoms with van der Waals surface area (Å²) in [6, 6.07) is 2.95. The van der Waals surface area contributed by atoms with Crippen molar-refractivity contribution in [3.8, 4) is 5.69 Å². The summed E-state index contributed by atoms with van der Waals surface area (Å²) in [6.45, 7) is 1.47. The van der Waals surface area contributed by atoms with Crippen molar-refractivity contribution in [3.05, 3.63) is 74.5 Å². The minimum Gasteiger partial charge on any atom is -0.349 e. The van der Waals surface area contributed by atoms with E-state index >= 15 is 0 Å². The van der Waals surface area contributed by atoms with Gasteiger partial charge in [-0.2, -0.15) is 44.6 Å². The highest BCUT2D eigenvalue weighted by molar-refractivity contribution is 9.10. The molecule has 0 saturated heterocycles. The van der Waals surface area contributed by atoms with E-state index in [9.17, 15) is 49.1 Å². The van der Waals surface area contributed by atoms with Gasteiger partial charge in [0.15, 0.2) is 5.69 Å². The molecule has 6 nitrogen and oxygen atoms in total. The van der Waals surface area contributed by atoms with Gasteiger partial charge in [0.2, 0.25) is 0 Å². The Morgan fingerprint density at radius 3 is 1.93 bits per heavy atom. The molecule has 1 aromatic heterocycles. The fraction of sp³-hybridized carbons (Fsp3) is 0.292. The van der Waals surface area contributed by atoms with E-state index in [4.69, 9.17) is 0 Å². The van der Waals surface area contributed by atoms with Crippen molar-refractivity contribution in [3.63, 3.8) is 0 Å². The lowest BCUT2D eigenvalue weighted by Gasteiger charge is -2.17. The molecule has 214 valence electrons. The quantitative estimate of drug-likeness (QED) is 0.291. The van der Waals surface area contributed by atoms with Crippen molar-refractivity contribution < 1.29 is 49.1 Å². The zero-order valence-corrected chi connectivity index (χ0v) is 21.5. The SMILES string of the molecule is Cc1cc(Br)cc(C(=O)NC2CC2)c1NC(=O)c1cc(C(F)(F)F)nn1-c1cc(C(F)(F)F)cc(C(F)(F)F)c1. The van der Waals surface area contributed by atoms with Crippen LogP contribution >= 0.6 is 15.9 Å². The van der Waals surface area contributed by atoms with Gasteiger partial charge in [0, 0.05) is 16.6 Å². The predicted molar refractivity (Wildman–Crippen MR) is 126 cm³/mol. The Morgan fingerprint density at radius 2 is 1.43 bits per heavy atom. The smallest absolute Gasteiger partial charge is 0.349 e. The molecule has 1 fully saturated rings. The molecule has 1 aliphatic rings. The molecule has 2 amide bonds. The Labute approximate surface area is 227 Å². The van der Waals surface area contributed by atoms with E-state index in [2.05, 4.69) is 31.7 Å². The van der Waals surface area contributed by atoms with Gasteiger partial charge in [-0.25, -0.2) is 4.68 Å². The second-order valence-corrected chi connectivity index (χ2v) is 9.85.